The van der Waals surface area contributed by atoms with Gasteiger partial charge in [-0.2, -0.15) is 4.72 Å². The van der Waals surface area contributed by atoms with Crippen molar-refractivity contribution in [1.29, 1.82) is 0 Å². The fourth-order valence-electron chi connectivity index (χ4n) is 2.12. The Kier molecular flexibility index (Phi) is 7.23. The van der Waals surface area contributed by atoms with Crippen LogP contribution in [0.15, 0.2) is 23.1 Å². The Labute approximate surface area is 144 Å². The molecule has 0 aliphatic carbocycles. The van der Waals surface area contributed by atoms with Crippen LogP contribution in [0.2, 0.25) is 0 Å². The second-order valence-corrected chi connectivity index (χ2v) is 7.90. The van der Waals surface area contributed by atoms with Gasteiger partial charge in [0.25, 0.3) is 0 Å². The van der Waals surface area contributed by atoms with Crippen LogP contribution in [-0.4, -0.2) is 33.1 Å². The number of rotatable bonds is 4. The fraction of sp³-hybridized carbons (Fsp3) is 0.588. The maximum absolute atomic E-state index is 12.2. The molecule has 0 saturated heterocycles. The normalized spacial score (nSPS) is 13.9. The van der Waals surface area contributed by atoms with Gasteiger partial charge in [-0.25, -0.2) is 8.42 Å². The fourth-order valence-corrected chi connectivity index (χ4v) is 3.14. The Morgan fingerprint density at radius 1 is 1.29 bits per heavy atom. The van der Waals surface area contributed by atoms with Gasteiger partial charge in [-0.05, 0) is 57.4 Å². The van der Waals surface area contributed by atoms with Gasteiger partial charge >= 0.3 is 5.97 Å². The molecule has 136 valence electrons. The molecular formula is C17H27NO5S. The van der Waals surface area contributed by atoms with Gasteiger partial charge in [-0.15, -0.1) is 0 Å². The van der Waals surface area contributed by atoms with Gasteiger partial charge in [0.2, 0.25) is 10.0 Å². The molecular weight excluding hydrogens is 330 g/mol. The number of fused-ring (bicyclic) bond motifs is 1. The minimum Gasteiger partial charge on any atom is -0.493 e. The molecule has 0 unspecified atom stereocenters. The number of benzene rings is 1. The molecule has 1 N–H and O–H groups in total. The van der Waals surface area contributed by atoms with Gasteiger partial charge in [0.05, 0.1) is 11.5 Å². The topological polar surface area (TPSA) is 81.7 Å². The number of carbonyl (C=O) groups excluding carboxylic acids is 1. The molecule has 0 amide bonds. The van der Waals surface area contributed by atoms with Crippen LogP contribution in [0.25, 0.3) is 0 Å². The Hall–Kier alpha value is -1.60. The number of ether oxygens (including phenoxy) is 2. The third kappa shape index (κ3) is 6.13. The van der Waals surface area contributed by atoms with Gasteiger partial charge < -0.3 is 9.47 Å². The Morgan fingerprint density at radius 2 is 1.96 bits per heavy atom. The van der Waals surface area contributed by atoms with E-state index in [0.717, 1.165) is 24.2 Å². The number of carbonyl (C=O) groups is 1. The molecule has 1 heterocycles. The average Bonchev–Trinajstić information content (AvgIpc) is 2.53. The molecule has 0 saturated carbocycles. The SMILES string of the molecule is CC.CC(C)(C)OC(=O)CNS(=O)(=O)c1ccc2c(c1)CCCO2. The summed E-state index contributed by atoms with van der Waals surface area (Å²) in [5.74, 6) is 0.106. The van der Waals surface area contributed by atoms with Crippen LogP contribution in [0.4, 0.5) is 0 Å². The highest BCUT2D eigenvalue weighted by atomic mass is 32.2. The van der Waals surface area contributed by atoms with E-state index in [2.05, 4.69) is 4.72 Å². The summed E-state index contributed by atoms with van der Waals surface area (Å²) in [7, 11) is -3.75. The van der Waals surface area contributed by atoms with Crippen LogP contribution >= 0.6 is 0 Å². The van der Waals surface area contributed by atoms with Crippen LogP contribution in [-0.2, 0) is 26.0 Å². The Bertz CT molecular complexity index is 662. The van der Waals surface area contributed by atoms with E-state index >= 15 is 0 Å². The van der Waals surface area contributed by atoms with E-state index in [1.807, 2.05) is 13.8 Å². The van der Waals surface area contributed by atoms with Gasteiger partial charge in [-0.3, -0.25) is 4.79 Å². The molecule has 0 bridgehead atoms. The van der Waals surface area contributed by atoms with Crippen molar-refractivity contribution in [3.05, 3.63) is 23.8 Å². The van der Waals surface area contributed by atoms with Crippen molar-refractivity contribution in [2.75, 3.05) is 13.2 Å². The van der Waals surface area contributed by atoms with E-state index in [4.69, 9.17) is 9.47 Å². The number of hydrogen-bond acceptors (Lipinski definition) is 5. The first kappa shape index (κ1) is 20.4. The van der Waals surface area contributed by atoms with Crippen LogP contribution < -0.4 is 9.46 Å². The van der Waals surface area contributed by atoms with Crippen molar-refractivity contribution in [2.24, 2.45) is 0 Å². The molecule has 1 aromatic carbocycles. The first-order chi connectivity index (χ1) is 11.2. The maximum Gasteiger partial charge on any atom is 0.321 e. The van der Waals surface area contributed by atoms with Crippen LogP contribution in [0.5, 0.6) is 5.75 Å². The number of esters is 1. The highest BCUT2D eigenvalue weighted by molar-refractivity contribution is 7.89. The number of nitrogens with one attached hydrogen (secondary N) is 1. The van der Waals surface area contributed by atoms with Crippen molar-refractivity contribution < 1.29 is 22.7 Å². The molecule has 1 aromatic rings. The van der Waals surface area contributed by atoms with Crippen molar-refractivity contribution in [3.63, 3.8) is 0 Å². The van der Waals surface area contributed by atoms with Crippen LogP contribution in [0, 0.1) is 0 Å². The summed E-state index contributed by atoms with van der Waals surface area (Å²) in [4.78, 5) is 11.7. The van der Waals surface area contributed by atoms with Crippen molar-refractivity contribution >= 4 is 16.0 Å². The molecule has 7 heteroatoms. The highest BCUT2D eigenvalue weighted by Gasteiger charge is 2.21. The van der Waals surface area contributed by atoms with E-state index in [1.165, 1.54) is 6.07 Å². The molecule has 0 atom stereocenters. The number of sulfonamides is 1. The van der Waals surface area contributed by atoms with Gasteiger partial charge in [0, 0.05) is 0 Å². The van der Waals surface area contributed by atoms with Crippen LogP contribution in [0.1, 0.15) is 46.6 Å². The molecule has 1 aliphatic heterocycles. The highest BCUT2D eigenvalue weighted by Crippen LogP contribution is 2.27. The predicted molar refractivity (Wildman–Crippen MR) is 92.6 cm³/mol. The summed E-state index contributed by atoms with van der Waals surface area (Å²) in [5, 5.41) is 0. The monoisotopic (exact) mass is 357 g/mol. The Morgan fingerprint density at radius 3 is 2.58 bits per heavy atom. The quantitative estimate of drug-likeness (QED) is 0.838. The predicted octanol–water partition coefficient (Wildman–Crippen LogP) is 2.66. The zero-order valence-corrected chi connectivity index (χ0v) is 15.8. The van der Waals surface area contributed by atoms with E-state index in [-0.39, 0.29) is 4.90 Å². The minimum atomic E-state index is -3.75. The average molecular weight is 357 g/mol. The first-order valence-electron chi connectivity index (χ1n) is 8.15. The van der Waals surface area contributed by atoms with E-state index in [9.17, 15) is 13.2 Å². The third-order valence-electron chi connectivity index (χ3n) is 3.02. The van der Waals surface area contributed by atoms with Crippen molar-refractivity contribution in [1.82, 2.24) is 4.72 Å². The molecule has 2 rings (SSSR count). The maximum atomic E-state index is 12.2. The number of aryl methyl sites for hydroxylation is 1. The second kappa shape index (κ2) is 8.48. The van der Waals surface area contributed by atoms with Gasteiger partial charge in [0.1, 0.15) is 17.9 Å². The smallest absolute Gasteiger partial charge is 0.321 e. The van der Waals surface area contributed by atoms with Crippen molar-refractivity contribution in [3.8, 4) is 5.75 Å². The largest absolute Gasteiger partial charge is 0.493 e. The summed E-state index contributed by atoms with van der Waals surface area (Å²) >= 11 is 0. The molecule has 6 nitrogen and oxygen atoms in total. The summed E-state index contributed by atoms with van der Waals surface area (Å²) in [5.41, 5.74) is 0.220. The Balaban J connectivity index is 0.00000139. The first-order valence-corrected chi connectivity index (χ1v) is 9.63. The van der Waals surface area contributed by atoms with Crippen LogP contribution in [0.3, 0.4) is 0 Å². The third-order valence-corrected chi connectivity index (χ3v) is 4.42. The zero-order chi connectivity index (χ0) is 18.4. The van der Waals surface area contributed by atoms with Crippen molar-refractivity contribution in [2.45, 2.75) is 58.0 Å². The molecule has 24 heavy (non-hydrogen) atoms. The second-order valence-electron chi connectivity index (χ2n) is 6.13. The lowest BCUT2D eigenvalue weighted by atomic mass is 10.1. The lowest BCUT2D eigenvalue weighted by Crippen LogP contribution is -2.34. The number of hydrogen-bond donors (Lipinski definition) is 1. The van der Waals surface area contributed by atoms with E-state index in [0.29, 0.717) is 6.61 Å². The molecule has 0 radical (unpaired) electrons. The summed E-state index contributed by atoms with van der Waals surface area (Å²) in [6.07, 6.45) is 1.65. The summed E-state index contributed by atoms with van der Waals surface area (Å²) < 4.78 is 37.2. The van der Waals surface area contributed by atoms with Gasteiger partial charge in [-0.1, -0.05) is 13.8 Å². The minimum absolute atomic E-state index is 0.125. The molecule has 0 aromatic heterocycles. The van der Waals surface area contributed by atoms with E-state index < -0.39 is 28.1 Å². The molecule has 1 aliphatic rings. The summed E-state index contributed by atoms with van der Waals surface area (Å²) in [6.45, 7) is 9.43. The molecule has 0 fully saturated rings. The van der Waals surface area contributed by atoms with Gasteiger partial charge in [0.15, 0.2) is 0 Å². The lowest BCUT2D eigenvalue weighted by Gasteiger charge is -2.20. The standard InChI is InChI=1S/C15H21NO5S.C2H6/c1-15(2,3)21-14(17)10-16-22(18,19)12-6-7-13-11(9-12)5-4-8-20-13;1-2/h6-7,9,16H,4-5,8,10H2,1-3H3;1-2H3. The zero-order valence-electron chi connectivity index (χ0n) is 15.0. The molecule has 0 spiro atoms. The van der Waals surface area contributed by atoms with E-state index in [1.54, 1.807) is 32.9 Å². The lowest BCUT2D eigenvalue weighted by molar-refractivity contribution is -0.153. The summed E-state index contributed by atoms with van der Waals surface area (Å²) in [6, 6.07) is 4.71.